The van der Waals surface area contributed by atoms with Crippen LogP contribution in [-0.4, -0.2) is 17.5 Å². The number of ether oxygens (including phenoxy) is 2. The minimum Gasteiger partial charge on any atom is -0.487 e. The largest absolute Gasteiger partial charge is 0.487 e. The van der Waals surface area contributed by atoms with E-state index in [2.05, 4.69) is 55.4 Å². The van der Waals surface area contributed by atoms with E-state index in [4.69, 9.17) is 9.47 Å². The summed E-state index contributed by atoms with van der Waals surface area (Å²) in [6, 6.07) is 0. The lowest BCUT2D eigenvalue weighted by Gasteiger charge is -2.38. The van der Waals surface area contributed by atoms with Crippen LogP contribution >= 0.6 is 0 Å². The van der Waals surface area contributed by atoms with Crippen LogP contribution in [0.2, 0.25) is 0 Å². The van der Waals surface area contributed by atoms with Gasteiger partial charge >= 0.3 is 0 Å². The molecule has 0 aliphatic carbocycles. The molecule has 0 spiro atoms. The second kappa shape index (κ2) is 13.0. The molecule has 3 atom stereocenters. The molecule has 0 fully saturated rings. The Bertz CT molecular complexity index is 739. The summed E-state index contributed by atoms with van der Waals surface area (Å²) in [7, 11) is 0. The SMILES string of the molecule is Cc1c(C)c2c(c(C)c1OCO)CC[C@@](C)(CCC[C@H](C)CCC[C@H](C)CCCC(C)C)O2. The predicted molar refractivity (Wildman–Crippen MR) is 140 cm³/mol. The molecule has 0 unspecified atom stereocenters. The molecule has 33 heavy (non-hydrogen) atoms. The molecule has 0 aromatic heterocycles. The van der Waals surface area contributed by atoms with Gasteiger partial charge in [-0.3, -0.25) is 0 Å². The van der Waals surface area contributed by atoms with E-state index in [0.29, 0.717) is 0 Å². The maximum absolute atomic E-state index is 9.27. The predicted octanol–water partition coefficient (Wildman–Crippen LogP) is 8.46. The molecular formula is C30H52O3. The number of hydrogen-bond acceptors (Lipinski definition) is 3. The van der Waals surface area contributed by atoms with Gasteiger partial charge in [-0.05, 0) is 87.8 Å². The standard InChI is InChI=1S/C30H52O3/c1-21(2)12-9-13-22(3)14-10-15-23(4)16-11-18-30(8)19-17-27-26(7)28(32-20-31)24(5)25(6)29(27)33-30/h21-23,31H,9-20H2,1-8H3/t22-,23-,30-/m1/s1. The second-order valence-corrected chi connectivity index (χ2v) is 11.7. The fourth-order valence-corrected chi connectivity index (χ4v) is 5.54. The van der Waals surface area contributed by atoms with Crippen LogP contribution in [0.15, 0.2) is 0 Å². The maximum atomic E-state index is 9.27. The first-order chi connectivity index (χ1) is 15.6. The van der Waals surface area contributed by atoms with Crippen LogP contribution in [-0.2, 0) is 6.42 Å². The highest BCUT2D eigenvalue weighted by atomic mass is 16.6. The van der Waals surface area contributed by atoms with Gasteiger partial charge in [-0.1, -0.05) is 72.6 Å². The summed E-state index contributed by atoms with van der Waals surface area (Å²) < 4.78 is 12.2. The third-order valence-electron chi connectivity index (χ3n) is 8.05. The van der Waals surface area contributed by atoms with Crippen LogP contribution in [0.3, 0.4) is 0 Å². The number of benzene rings is 1. The van der Waals surface area contributed by atoms with E-state index in [1.165, 1.54) is 56.9 Å². The smallest absolute Gasteiger partial charge is 0.186 e. The summed E-state index contributed by atoms with van der Waals surface area (Å²) in [5, 5.41) is 9.27. The van der Waals surface area contributed by atoms with Gasteiger partial charge in [0.15, 0.2) is 6.79 Å². The molecule has 0 saturated heterocycles. The summed E-state index contributed by atoms with van der Waals surface area (Å²) in [5.74, 6) is 4.41. The zero-order valence-electron chi connectivity index (χ0n) is 23.0. The normalized spacial score (nSPS) is 19.8. The van der Waals surface area contributed by atoms with Crippen molar-refractivity contribution in [2.24, 2.45) is 17.8 Å². The second-order valence-electron chi connectivity index (χ2n) is 11.7. The fourth-order valence-electron chi connectivity index (χ4n) is 5.54. The van der Waals surface area contributed by atoms with Crippen molar-refractivity contribution in [2.45, 2.75) is 132 Å². The first-order valence-electron chi connectivity index (χ1n) is 13.6. The van der Waals surface area contributed by atoms with Gasteiger partial charge in [-0.25, -0.2) is 0 Å². The van der Waals surface area contributed by atoms with Crippen molar-refractivity contribution in [1.82, 2.24) is 0 Å². The number of aliphatic hydroxyl groups excluding tert-OH is 1. The number of aliphatic hydroxyl groups is 1. The minimum atomic E-state index is -0.284. The highest BCUT2D eigenvalue weighted by Gasteiger charge is 2.34. The first kappa shape index (κ1) is 28.0. The van der Waals surface area contributed by atoms with Crippen molar-refractivity contribution in [1.29, 1.82) is 0 Å². The van der Waals surface area contributed by atoms with Gasteiger partial charge in [-0.2, -0.15) is 0 Å². The Labute approximate surface area is 204 Å². The molecule has 0 radical (unpaired) electrons. The van der Waals surface area contributed by atoms with Crippen molar-refractivity contribution < 1.29 is 14.6 Å². The van der Waals surface area contributed by atoms with Crippen molar-refractivity contribution in [3.8, 4) is 11.5 Å². The molecule has 1 heterocycles. The lowest BCUT2D eigenvalue weighted by atomic mass is 9.83. The van der Waals surface area contributed by atoms with Gasteiger partial charge in [0, 0.05) is 5.56 Å². The average Bonchev–Trinajstić information content (AvgIpc) is 2.75. The molecule has 1 aliphatic rings. The van der Waals surface area contributed by atoms with Crippen molar-refractivity contribution in [3.63, 3.8) is 0 Å². The van der Waals surface area contributed by atoms with Gasteiger partial charge in [-0.15, -0.1) is 0 Å². The third kappa shape index (κ3) is 8.19. The van der Waals surface area contributed by atoms with Crippen molar-refractivity contribution in [3.05, 3.63) is 22.3 Å². The Morgan fingerprint density at radius 1 is 0.848 bits per heavy atom. The van der Waals surface area contributed by atoms with Crippen molar-refractivity contribution >= 4 is 0 Å². The van der Waals surface area contributed by atoms with Crippen LogP contribution in [0.25, 0.3) is 0 Å². The Morgan fingerprint density at radius 2 is 1.42 bits per heavy atom. The number of hydrogen-bond donors (Lipinski definition) is 1. The molecule has 190 valence electrons. The quantitative estimate of drug-likeness (QED) is 0.283. The van der Waals surface area contributed by atoms with Gasteiger partial charge in [0.1, 0.15) is 17.1 Å². The lowest BCUT2D eigenvalue weighted by Crippen LogP contribution is -2.37. The van der Waals surface area contributed by atoms with Crippen LogP contribution in [0, 0.1) is 38.5 Å². The van der Waals surface area contributed by atoms with Gasteiger partial charge in [0.25, 0.3) is 0 Å². The van der Waals surface area contributed by atoms with E-state index >= 15 is 0 Å². The number of fused-ring (bicyclic) bond motifs is 1. The van der Waals surface area contributed by atoms with Crippen LogP contribution in [0.1, 0.15) is 121 Å². The zero-order valence-corrected chi connectivity index (χ0v) is 23.0. The Morgan fingerprint density at radius 3 is 2.00 bits per heavy atom. The van der Waals surface area contributed by atoms with Gasteiger partial charge in [0.05, 0.1) is 0 Å². The summed E-state index contributed by atoms with van der Waals surface area (Å²) >= 11 is 0. The molecular weight excluding hydrogens is 408 g/mol. The Kier molecular flexibility index (Phi) is 11.1. The van der Waals surface area contributed by atoms with Gasteiger partial charge in [0.2, 0.25) is 0 Å². The van der Waals surface area contributed by atoms with E-state index in [1.54, 1.807) is 0 Å². The molecule has 0 amide bonds. The average molecular weight is 461 g/mol. The van der Waals surface area contributed by atoms with Crippen LogP contribution in [0.4, 0.5) is 0 Å². The van der Waals surface area contributed by atoms with Crippen LogP contribution < -0.4 is 9.47 Å². The maximum Gasteiger partial charge on any atom is 0.186 e. The minimum absolute atomic E-state index is 0.0827. The summed E-state index contributed by atoms with van der Waals surface area (Å²) in [6.45, 7) is 17.8. The molecule has 3 nitrogen and oxygen atoms in total. The molecule has 1 aromatic rings. The molecule has 1 aromatic carbocycles. The summed E-state index contributed by atoms with van der Waals surface area (Å²) in [4.78, 5) is 0. The van der Waals surface area contributed by atoms with E-state index in [1.807, 2.05) is 0 Å². The van der Waals surface area contributed by atoms with E-state index < -0.39 is 0 Å². The summed E-state index contributed by atoms with van der Waals surface area (Å²) in [6.07, 6.45) is 14.0. The fraction of sp³-hybridized carbons (Fsp3) is 0.800. The molecule has 2 rings (SSSR count). The number of rotatable bonds is 14. The highest BCUT2D eigenvalue weighted by molar-refractivity contribution is 5.59. The van der Waals surface area contributed by atoms with Crippen molar-refractivity contribution in [2.75, 3.05) is 6.79 Å². The zero-order chi connectivity index (χ0) is 24.6. The summed E-state index contributed by atoms with van der Waals surface area (Å²) in [5.41, 5.74) is 4.53. The monoisotopic (exact) mass is 460 g/mol. The highest BCUT2D eigenvalue weighted by Crippen LogP contribution is 2.45. The van der Waals surface area contributed by atoms with Gasteiger partial charge < -0.3 is 14.6 Å². The first-order valence-corrected chi connectivity index (χ1v) is 13.6. The molecule has 1 N–H and O–H groups in total. The van der Waals surface area contributed by atoms with E-state index in [0.717, 1.165) is 65.2 Å². The van der Waals surface area contributed by atoms with E-state index in [9.17, 15) is 5.11 Å². The van der Waals surface area contributed by atoms with E-state index in [-0.39, 0.29) is 12.4 Å². The molecule has 0 bridgehead atoms. The molecule has 3 heteroatoms. The Balaban J connectivity index is 1.79. The third-order valence-corrected chi connectivity index (χ3v) is 8.05. The lowest BCUT2D eigenvalue weighted by molar-refractivity contribution is 0.0504. The molecule has 0 saturated carbocycles. The molecule has 1 aliphatic heterocycles. The van der Waals surface area contributed by atoms with Crippen LogP contribution in [0.5, 0.6) is 11.5 Å². The topological polar surface area (TPSA) is 38.7 Å². The Hall–Kier alpha value is -1.22.